The molecule has 0 radical (unpaired) electrons. The lowest BCUT2D eigenvalue weighted by Gasteiger charge is -2.34. The van der Waals surface area contributed by atoms with Crippen LogP contribution >= 0.6 is 0 Å². The van der Waals surface area contributed by atoms with Gasteiger partial charge in [0.25, 0.3) is 0 Å². The molecule has 1 amide bonds. The maximum atomic E-state index is 12.5. The van der Waals surface area contributed by atoms with Crippen LogP contribution in [-0.2, 0) is 16.0 Å². The molecule has 0 saturated carbocycles. The molecule has 1 aliphatic heterocycles. The quantitative estimate of drug-likeness (QED) is 0.927. The second-order valence-corrected chi connectivity index (χ2v) is 5.97. The van der Waals surface area contributed by atoms with Gasteiger partial charge in [0.05, 0.1) is 0 Å². The van der Waals surface area contributed by atoms with Gasteiger partial charge in [-0.1, -0.05) is 36.8 Å². The van der Waals surface area contributed by atoms with E-state index in [1.807, 2.05) is 38.1 Å². The van der Waals surface area contributed by atoms with E-state index in [-0.39, 0.29) is 11.8 Å². The second-order valence-electron chi connectivity index (χ2n) is 5.97. The second kappa shape index (κ2) is 6.74. The van der Waals surface area contributed by atoms with Crippen LogP contribution in [0.5, 0.6) is 0 Å². The molecule has 1 unspecified atom stereocenters. The molecule has 1 fully saturated rings. The molecule has 114 valence electrons. The van der Waals surface area contributed by atoms with Gasteiger partial charge in [0.1, 0.15) is 6.04 Å². The molecule has 4 heteroatoms. The van der Waals surface area contributed by atoms with Crippen molar-refractivity contribution in [3.8, 4) is 0 Å². The van der Waals surface area contributed by atoms with E-state index >= 15 is 0 Å². The van der Waals surface area contributed by atoms with Gasteiger partial charge in [0, 0.05) is 12.5 Å². The molecule has 0 aromatic heterocycles. The number of aliphatic carboxylic acids is 1. The smallest absolute Gasteiger partial charge is 0.326 e. The van der Waals surface area contributed by atoms with E-state index in [1.54, 1.807) is 4.90 Å². The summed E-state index contributed by atoms with van der Waals surface area (Å²) >= 11 is 0. The van der Waals surface area contributed by atoms with Crippen LogP contribution < -0.4 is 0 Å². The van der Waals surface area contributed by atoms with Gasteiger partial charge in [0.15, 0.2) is 0 Å². The Labute approximate surface area is 125 Å². The Morgan fingerprint density at radius 3 is 2.57 bits per heavy atom. The Morgan fingerprint density at radius 2 is 1.95 bits per heavy atom. The van der Waals surface area contributed by atoms with E-state index in [0.29, 0.717) is 19.4 Å². The third kappa shape index (κ3) is 3.84. The summed E-state index contributed by atoms with van der Waals surface area (Å²) in [5.74, 6) is -1.11. The van der Waals surface area contributed by atoms with Crippen molar-refractivity contribution >= 4 is 11.9 Å². The van der Waals surface area contributed by atoms with Gasteiger partial charge in [-0.15, -0.1) is 0 Å². The molecule has 21 heavy (non-hydrogen) atoms. The number of piperidine rings is 1. The molecule has 1 aromatic carbocycles. The highest BCUT2D eigenvalue weighted by molar-refractivity contribution is 5.85. The Morgan fingerprint density at radius 1 is 1.29 bits per heavy atom. The zero-order chi connectivity index (χ0) is 15.4. The number of rotatable bonds is 4. The van der Waals surface area contributed by atoms with E-state index in [1.165, 1.54) is 5.56 Å². The van der Waals surface area contributed by atoms with Crippen molar-refractivity contribution < 1.29 is 14.7 Å². The largest absolute Gasteiger partial charge is 0.480 e. The summed E-state index contributed by atoms with van der Waals surface area (Å²) in [5.41, 5.74) is 2.31. The fourth-order valence-corrected chi connectivity index (χ4v) is 2.90. The number of amides is 1. The number of carboxylic acids is 1. The first-order chi connectivity index (χ1) is 9.99. The lowest BCUT2D eigenvalue weighted by Crippen LogP contribution is -2.50. The van der Waals surface area contributed by atoms with Crippen LogP contribution in [0.1, 0.15) is 37.3 Å². The van der Waals surface area contributed by atoms with E-state index < -0.39 is 12.0 Å². The molecule has 1 aliphatic rings. The number of benzene rings is 1. The molecule has 2 atom stereocenters. The van der Waals surface area contributed by atoms with Gasteiger partial charge in [-0.3, -0.25) is 4.79 Å². The molecule has 2 rings (SSSR count). The molecule has 0 spiro atoms. The zero-order valence-electron chi connectivity index (χ0n) is 12.7. The third-order valence-electron chi connectivity index (χ3n) is 4.16. The third-order valence-corrected chi connectivity index (χ3v) is 4.16. The minimum atomic E-state index is -0.884. The number of hydrogen-bond acceptors (Lipinski definition) is 2. The van der Waals surface area contributed by atoms with Crippen LogP contribution in [0.15, 0.2) is 24.3 Å². The van der Waals surface area contributed by atoms with Gasteiger partial charge < -0.3 is 10.0 Å². The summed E-state index contributed by atoms with van der Waals surface area (Å²) in [6.45, 7) is 4.48. The SMILES string of the molecule is Cc1ccc(CC(C)C(=O)N2CCCC[C@@H]2C(=O)O)cc1. The van der Waals surface area contributed by atoms with Gasteiger partial charge >= 0.3 is 5.97 Å². The summed E-state index contributed by atoms with van der Waals surface area (Å²) in [5, 5.41) is 9.27. The normalized spacial score (nSPS) is 20.1. The number of carboxylic acid groups (broad SMARTS) is 1. The molecule has 1 heterocycles. The van der Waals surface area contributed by atoms with Crippen molar-refractivity contribution in [2.45, 2.75) is 45.6 Å². The van der Waals surface area contributed by atoms with Crippen LogP contribution in [0.2, 0.25) is 0 Å². The molecule has 1 saturated heterocycles. The fourth-order valence-electron chi connectivity index (χ4n) is 2.90. The Kier molecular flexibility index (Phi) is 4.99. The summed E-state index contributed by atoms with van der Waals surface area (Å²) in [4.78, 5) is 25.4. The topological polar surface area (TPSA) is 57.6 Å². The Balaban J connectivity index is 2.03. The highest BCUT2D eigenvalue weighted by atomic mass is 16.4. The lowest BCUT2D eigenvalue weighted by molar-refractivity contribution is -0.153. The number of likely N-dealkylation sites (tertiary alicyclic amines) is 1. The van der Waals surface area contributed by atoms with Crippen molar-refractivity contribution in [3.05, 3.63) is 35.4 Å². The average molecular weight is 289 g/mol. The molecular formula is C17H23NO3. The number of hydrogen-bond donors (Lipinski definition) is 1. The highest BCUT2D eigenvalue weighted by Gasteiger charge is 2.33. The minimum absolute atomic E-state index is 0.0392. The average Bonchev–Trinajstić information content (AvgIpc) is 2.48. The van der Waals surface area contributed by atoms with Crippen LogP contribution in [-0.4, -0.2) is 34.5 Å². The van der Waals surface area contributed by atoms with E-state index in [9.17, 15) is 14.7 Å². The first-order valence-corrected chi connectivity index (χ1v) is 7.58. The van der Waals surface area contributed by atoms with E-state index in [2.05, 4.69) is 0 Å². The van der Waals surface area contributed by atoms with E-state index in [4.69, 9.17) is 0 Å². The molecular weight excluding hydrogens is 266 g/mol. The maximum absolute atomic E-state index is 12.5. The monoisotopic (exact) mass is 289 g/mol. The van der Waals surface area contributed by atoms with Crippen molar-refractivity contribution in [1.29, 1.82) is 0 Å². The van der Waals surface area contributed by atoms with Crippen molar-refractivity contribution in [2.75, 3.05) is 6.54 Å². The Hall–Kier alpha value is -1.84. The van der Waals surface area contributed by atoms with Crippen LogP contribution in [0.25, 0.3) is 0 Å². The molecule has 0 aliphatic carbocycles. The molecule has 1 aromatic rings. The van der Waals surface area contributed by atoms with Gasteiger partial charge in [-0.25, -0.2) is 4.79 Å². The van der Waals surface area contributed by atoms with Crippen molar-refractivity contribution in [2.24, 2.45) is 5.92 Å². The van der Waals surface area contributed by atoms with Crippen LogP contribution in [0, 0.1) is 12.8 Å². The molecule has 0 bridgehead atoms. The van der Waals surface area contributed by atoms with Crippen molar-refractivity contribution in [1.82, 2.24) is 4.90 Å². The van der Waals surface area contributed by atoms with Gasteiger partial charge in [-0.2, -0.15) is 0 Å². The van der Waals surface area contributed by atoms with E-state index in [0.717, 1.165) is 18.4 Å². The van der Waals surface area contributed by atoms with Crippen molar-refractivity contribution in [3.63, 3.8) is 0 Å². The summed E-state index contributed by atoms with van der Waals surface area (Å²) < 4.78 is 0. The highest BCUT2D eigenvalue weighted by Crippen LogP contribution is 2.21. The minimum Gasteiger partial charge on any atom is -0.480 e. The Bertz CT molecular complexity index is 509. The van der Waals surface area contributed by atoms with Gasteiger partial charge in [-0.05, 0) is 38.2 Å². The molecule has 4 nitrogen and oxygen atoms in total. The first kappa shape index (κ1) is 15.5. The summed E-state index contributed by atoms with van der Waals surface area (Å²) in [7, 11) is 0. The van der Waals surface area contributed by atoms with Crippen LogP contribution in [0.4, 0.5) is 0 Å². The summed E-state index contributed by atoms with van der Waals surface area (Å²) in [6, 6.07) is 7.49. The number of nitrogens with zero attached hydrogens (tertiary/aromatic N) is 1. The van der Waals surface area contributed by atoms with Crippen LogP contribution in [0.3, 0.4) is 0 Å². The standard InChI is InChI=1S/C17H23NO3/c1-12-6-8-14(9-7-12)11-13(2)16(19)18-10-4-3-5-15(18)17(20)21/h6-9,13,15H,3-5,10-11H2,1-2H3,(H,20,21)/t13?,15-/m1/s1. The number of carbonyl (C=O) groups is 2. The maximum Gasteiger partial charge on any atom is 0.326 e. The number of carbonyl (C=O) groups excluding carboxylic acids is 1. The summed E-state index contributed by atoms with van der Waals surface area (Å²) in [6.07, 6.45) is 3.00. The lowest BCUT2D eigenvalue weighted by atomic mass is 9.95. The predicted molar refractivity (Wildman–Crippen MR) is 81.0 cm³/mol. The predicted octanol–water partition coefficient (Wildman–Crippen LogP) is 2.64. The van der Waals surface area contributed by atoms with Gasteiger partial charge in [0.2, 0.25) is 5.91 Å². The fraction of sp³-hybridized carbons (Fsp3) is 0.529. The first-order valence-electron chi connectivity index (χ1n) is 7.58. The number of aryl methyl sites for hydroxylation is 1. The molecule has 1 N–H and O–H groups in total. The zero-order valence-corrected chi connectivity index (χ0v) is 12.7.